The highest BCUT2D eigenvalue weighted by Crippen LogP contribution is 2.47. The molecule has 3 aromatic carbocycles. The molecule has 2 aliphatic carbocycles. The number of hydrogen-bond donors (Lipinski definition) is 0. The Kier molecular flexibility index (Phi) is 7.73. The molecule has 3 aromatic rings. The molecule has 0 bridgehead atoms. The lowest BCUT2D eigenvalue weighted by Gasteiger charge is -2.20. The lowest BCUT2D eigenvalue weighted by atomic mass is 9.84. The third-order valence-corrected chi connectivity index (χ3v) is 7.93. The normalized spacial score (nSPS) is 17.9. The summed E-state index contributed by atoms with van der Waals surface area (Å²) in [5, 5.41) is 1.74. The standard InChI is InChI=1S/C30H25Cl3O4/c1-17(34)37-9-8-36-16-21-14-30(35)27-13-20-12-23(19-3-5-22(31)6-4-19)26(24(20)15-25(21)27)10-18-2-7-28(32)29(33)11-18/h2-7,11-13,15,21,26H,8-10,14,16H2,1H3. The molecule has 2 atom stereocenters. The van der Waals surface area contributed by atoms with Crippen molar-refractivity contribution in [3.63, 3.8) is 0 Å². The molecular weight excluding hydrogens is 531 g/mol. The van der Waals surface area contributed by atoms with Crippen LogP contribution in [0, 0.1) is 0 Å². The highest BCUT2D eigenvalue weighted by Gasteiger charge is 2.34. The molecule has 4 nitrogen and oxygen atoms in total. The van der Waals surface area contributed by atoms with Gasteiger partial charge in [0.1, 0.15) is 6.61 Å². The van der Waals surface area contributed by atoms with Gasteiger partial charge in [-0.25, -0.2) is 0 Å². The second kappa shape index (κ2) is 11.0. The van der Waals surface area contributed by atoms with E-state index in [1.54, 1.807) is 0 Å². The summed E-state index contributed by atoms with van der Waals surface area (Å²) in [6, 6.07) is 17.8. The van der Waals surface area contributed by atoms with Gasteiger partial charge in [0.25, 0.3) is 0 Å². The summed E-state index contributed by atoms with van der Waals surface area (Å²) in [5.74, 6) is -0.173. The van der Waals surface area contributed by atoms with Gasteiger partial charge in [-0.05, 0) is 70.1 Å². The van der Waals surface area contributed by atoms with Crippen molar-refractivity contribution in [2.24, 2.45) is 0 Å². The molecule has 0 spiro atoms. The molecule has 5 rings (SSSR count). The van der Waals surface area contributed by atoms with E-state index < -0.39 is 0 Å². The lowest BCUT2D eigenvalue weighted by Crippen LogP contribution is -2.12. The molecule has 0 aliphatic heterocycles. The van der Waals surface area contributed by atoms with E-state index in [1.165, 1.54) is 18.1 Å². The second-order valence-corrected chi connectivity index (χ2v) is 10.7. The molecule has 0 radical (unpaired) electrons. The van der Waals surface area contributed by atoms with Gasteiger partial charge in [-0.1, -0.05) is 65.1 Å². The zero-order valence-electron chi connectivity index (χ0n) is 20.2. The van der Waals surface area contributed by atoms with Gasteiger partial charge in [0.15, 0.2) is 5.78 Å². The van der Waals surface area contributed by atoms with Gasteiger partial charge in [-0.3, -0.25) is 9.59 Å². The predicted octanol–water partition coefficient (Wildman–Crippen LogP) is 7.78. The van der Waals surface area contributed by atoms with Crippen LogP contribution in [0.3, 0.4) is 0 Å². The van der Waals surface area contributed by atoms with Crippen molar-refractivity contribution in [3.8, 4) is 0 Å². The van der Waals surface area contributed by atoms with Gasteiger partial charge in [-0.15, -0.1) is 0 Å². The summed E-state index contributed by atoms with van der Waals surface area (Å²) >= 11 is 18.7. The lowest BCUT2D eigenvalue weighted by molar-refractivity contribution is -0.142. The van der Waals surface area contributed by atoms with Crippen LogP contribution in [0.4, 0.5) is 0 Å². The Morgan fingerprint density at radius 1 is 0.946 bits per heavy atom. The first-order valence-electron chi connectivity index (χ1n) is 12.1. The van der Waals surface area contributed by atoms with Crippen molar-refractivity contribution in [3.05, 3.63) is 103 Å². The van der Waals surface area contributed by atoms with Crippen LogP contribution < -0.4 is 0 Å². The average molecular weight is 556 g/mol. The number of carbonyl (C=O) groups is 2. The van der Waals surface area contributed by atoms with Crippen molar-refractivity contribution >= 4 is 58.2 Å². The molecule has 0 aromatic heterocycles. The Balaban J connectivity index is 1.46. The molecule has 0 amide bonds. The number of hydrogen-bond acceptors (Lipinski definition) is 4. The van der Waals surface area contributed by atoms with Crippen LogP contribution >= 0.6 is 34.8 Å². The number of benzene rings is 3. The zero-order chi connectivity index (χ0) is 26.1. The quantitative estimate of drug-likeness (QED) is 0.210. The maximum Gasteiger partial charge on any atom is 0.302 e. The Bertz CT molecular complexity index is 1390. The largest absolute Gasteiger partial charge is 0.463 e. The number of fused-ring (bicyclic) bond motifs is 2. The van der Waals surface area contributed by atoms with Crippen molar-refractivity contribution < 1.29 is 19.1 Å². The van der Waals surface area contributed by atoms with Crippen molar-refractivity contribution in [2.75, 3.05) is 19.8 Å². The Hall–Kier alpha value is -2.63. The molecule has 0 heterocycles. The Labute approximate surface area is 231 Å². The van der Waals surface area contributed by atoms with Crippen LogP contribution in [0.2, 0.25) is 15.1 Å². The third-order valence-electron chi connectivity index (χ3n) is 6.94. The van der Waals surface area contributed by atoms with Gasteiger partial charge in [0, 0.05) is 35.8 Å². The highest BCUT2D eigenvalue weighted by molar-refractivity contribution is 6.42. The monoisotopic (exact) mass is 554 g/mol. The molecule has 2 aliphatic rings. The number of Topliss-reactive ketones (excluding diaryl/α,β-unsaturated/α-hetero) is 1. The number of carbonyl (C=O) groups excluding carboxylic acids is 2. The van der Waals surface area contributed by atoms with Crippen LogP contribution in [-0.2, 0) is 20.7 Å². The molecule has 7 heteroatoms. The Morgan fingerprint density at radius 2 is 1.73 bits per heavy atom. The van der Waals surface area contributed by atoms with Crippen LogP contribution in [0.15, 0.2) is 54.6 Å². The van der Waals surface area contributed by atoms with E-state index in [2.05, 4.69) is 12.1 Å². The average Bonchev–Trinajstić information content (AvgIpc) is 3.37. The summed E-state index contributed by atoms with van der Waals surface area (Å²) in [4.78, 5) is 23.9. The van der Waals surface area contributed by atoms with E-state index in [9.17, 15) is 9.59 Å². The molecule has 0 N–H and O–H groups in total. The van der Waals surface area contributed by atoms with Gasteiger partial charge in [0.05, 0.1) is 23.3 Å². The summed E-state index contributed by atoms with van der Waals surface area (Å²) in [5.41, 5.74) is 7.34. The van der Waals surface area contributed by atoms with E-state index in [0.29, 0.717) is 34.7 Å². The fourth-order valence-corrected chi connectivity index (χ4v) is 5.65. The van der Waals surface area contributed by atoms with Crippen LogP contribution in [0.5, 0.6) is 0 Å². The van der Waals surface area contributed by atoms with E-state index in [1.807, 2.05) is 48.5 Å². The molecule has 0 saturated heterocycles. The molecule has 190 valence electrons. The Morgan fingerprint density at radius 3 is 2.46 bits per heavy atom. The first-order valence-corrected chi connectivity index (χ1v) is 13.3. The topological polar surface area (TPSA) is 52.6 Å². The molecule has 2 unspecified atom stereocenters. The van der Waals surface area contributed by atoms with Gasteiger partial charge in [0.2, 0.25) is 0 Å². The summed E-state index contributed by atoms with van der Waals surface area (Å²) in [6.45, 7) is 2.26. The number of allylic oxidation sites excluding steroid dienone is 1. The van der Waals surface area contributed by atoms with Crippen molar-refractivity contribution in [1.29, 1.82) is 0 Å². The summed E-state index contributed by atoms with van der Waals surface area (Å²) < 4.78 is 10.7. The SMILES string of the molecule is CC(=O)OCCOCC1CC(=O)c2cc3c(cc21)C(Cc1ccc(Cl)c(Cl)c1)C(c1ccc(Cl)cc1)=C3. The van der Waals surface area contributed by atoms with E-state index in [0.717, 1.165) is 34.2 Å². The van der Waals surface area contributed by atoms with E-state index in [-0.39, 0.29) is 30.2 Å². The molecular formula is C30H25Cl3O4. The van der Waals surface area contributed by atoms with E-state index in [4.69, 9.17) is 44.3 Å². The van der Waals surface area contributed by atoms with Crippen molar-refractivity contribution in [2.45, 2.75) is 31.6 Å². The minimum absolute atomic E-state index is 0.0321. The molecule has 0 fully saturated rings. The van der Waals surface area contributed by atoms with Gasteiger partial charge in [-0.2, -0.15) is 0 Å². The third kappa shape index (κ3) is 5.63. The fourth-order valence-electron chi connectivity index (χ4n) is 5.20. The summed E-state index contributed by atoms with van der Waals surface area (Å²) in [7, 11) is 0. The molecule has 37 heavy (non-hydrogen) atoms. The van der Waals surface area contributed by atoms with Gasteiger partial charge < -0.3 is 9.47 Å². The van der Waals surface area contributed by atoms with Crippen LogP contribution in [0.1, 0.15) is 63.4 Å². The minimum atomic E-state index is -0.336. The maximum absolute atomic E-state index is 12.9. The maximum atomic E-state index is 12.9. The smallest absolute Gasteiger partial charge is 0.302 e. The zero-order valence-corrected chi connectivity index (χ0v) is 22.5. The van der Waals surface area contributed by atoms with Crippen LogP contribution in [-0.4, -0.2) is 31.6 Å². The summed E-state index contributed by atoms with van der Waals surface area (Å²) in [6.07, 6.45) is 3.32. The number of halogens is 3. The molecule has 0 saturated carbocycles. The number of rotatable bonds is 8. The predicted molar refractivity (Wildman–Crippen MR) is 148 cm³/mol. The number of esters is 1. The van der Waals surface area contributed by atoms with E-state index >= 15 is 0 Å². The first kappa shape index (κ1) is 26.0. The second-order valence-electron chi connectivity index (χ2n) is 9.42. The first-order chi connectivity index (χ1) is 17.8. The number of ether oxygens (including phenoxy) is 2. The number of ketones is 1. The van der Waals surface area contributed by atoms with Crippen molar-refractivity contribution in [1.82, 2.24) is 0 Å². The highest BCUT2D eigenvalue weighted by atomic mass is 35.5. The fraction of sp³-hybridized carbons (Fsp3) is 0.267. The minimum Gasteiger partial charge on any atom is -0.463 e. The van der Waals surface area contributed by atoms with Gasteiger partial charge >= 0.3 is 5.97 Å². The van der Waals surface area contributed by atoms with Crippen LogP contribution in [0.25, 0.3) is 11.6 Å².